The van der Waals surface area contributed by atoms with Gasteiger partial charge in [0.1, 0.15) is 5.82 Å². The quantitative estimate of drug-likeness (QED) is 0.900. The number of hydrogen-bond donors (Lipinski definition) is 2. The van der Waals surface area contributed by atoms with Crippen LogP contribution in [0.25, 0.3) is 0 Å². The normalized spacial score (nSPS) is 14.2. The van der Waals surface area contributed by atoms with Gasteiger partial charge in [-0.25, -0.2) is 9.40 Å². The highest BCUT2D eigenvalue weighted by molar-refractivity contribution is 6.05. The first kappa shape index (κ1) is 16.6. The molecule has 1 aliphatic heterocycles. The number of aryl methyl sites for hydroxylation is 1. The van der Waals surface area contributed by atoms with Gasteiger partial charge in [-0.1, -0.05) is 6.07 Å². The Hall–Kier alpha value is -3.22. The van der Waals surface area contributed by atoms with E-state index in [1.807, 2.05) is 0 Å². The smallest absolute Gasteiger partial charge is 0.255 e. The van der Waals surface area contributed by atoms with Crippen LogP contribution in [-0.4, -0.2) is 17.7 Å². The zero-order valence-corrected chi connectivity index (χ0v) is 13.5. The SMILES string of the molecule is Cc1ccc(F)cc1NC(=O)c1ccc(N2NC(=O)CCC2=O)cc1. The number of nitrogens with one attached hydrogen (secondary N) is 2. The first-order chi connectivity index (χ1) is 11.9. The standard InChI is InChI=1S/C18H16FN3O3/c1-11-2-5-13(19)10-15(11)20-18(25)12-3-6-14(7-4-12)22-17(24)9-8-16(23)21-22/h2-7,10H,8-9H2,1H3,(H,20,25)(H,21,23). The predicted molar refractivity (Wildman–Crippen MR) is 90.4 cm³/mol. The van der Waals surface area contributed by atoms with Crippen LogP contribution in [-0.2, 0) is 9.59 Å². The molecule has 0 atom stereocenters. The Balaban J connectivity index is 1.75. The molecular weight excluding hydrogens is 325 g/mol. The van der Waals surface area contributed by atoms with Crippen LogP contribution in [0.2, 0.25) is 0 Å². The fourth-order valence-electron chi connectivity index (χ4n) is 2.47. The zero-order chi connectivity index (χ0) is 18.0. The van der Waals surface area contributed by atoms with E-state index in [1.165, 1.54) is 29.3 Å². The lowest BCUT2D eigenvalue weighted by Crippen LogP contribution is -2.50. The average Bonchev–Trinajstić information content (AvgIpc) is 2.60. The third-order valence-electron chi connectivity index (χ3n) is 3.89. The largest absolute Gasteiger partial charge is 0.322 e. The van der Waals surface area contributed by atoms with E-state index < -0.39 is 11.7 Å². The maximum Gasteiger partial charge on any atom is 0.255 e. The van der Waals surface area contributed by atoms with E-state index in [2.05, 4.69) is 10.7 Å². The van der Waals surface area contributed by atoms with Crippen LogP contribution >= 0.6 is 0 Å². The molecule has 128 valence electrons. The van der Waals surface area contributed by atoms with Gasteiger partial charge >= 0.3 is 0 Å². The Bertz CT molecular complexity index is 849. The number of anilines is 2. The topological polar surface area (TPSA) is 78.5 Å². The fraction of sp³-hybridized carbons (Fsp3) is 0.167. The van der Waals surface area contributed by atoms with Crippen LogP contribution in [0.15, 0.2) is 42.5 Å². The van der Waals surface area contributed by atoms with Gasteiger partial charge in [0.05, 0.1) is 5.69 Å². The molecule has 2 aromatic carbocycles. The van der Waals surface area contributed by atoms with Crippen molar-refractivity contribution in [3.8, 4) is 0 Å². The number of carbonyl (C=O) groups is 3. The van der Waals surface area contributed by atoms with Gasteiger partial charge in [0.25, 0.3) is 5.91 Å². The van der Waals surface area contributed by atoms with E-state index >= 15 is 0 Å². The molecule has 6 nitrogen and oxygen atoms in total. The molecule has 1 fully saturated rings. The van der Waals surface area contributed by atoms with Gasteiger partial charge in [-0.3, -0.25) is 19.8 Å². The Labute approximate surface area is 143 Å². The number of halogens is 1. The van der Waals surface area contributed by atoms with Crippen LogP contribution in [0, 0.1) is 12.7 Å². The van der Waals surface area contributed by atoms with Crippen LogP contribution in [0.1, 0.15) is 28.8 Å². The van der Waals surface area contributed by atoms with Gasteiger partial charge in [0.2, 0.25) is 11.8 Å². The fourth-order valence-corrected chi connectivity index (χ4v) is 2.47. The van der Waals surface area contributed by atoms with Crippen molar-refractivity contribution >= 4 is 29.1 Å². The van der Waals surface area contributed by atoms with Gasteiger partial charge in [-0.15, -0.1) is 0 Å². The summed E-state index contributed by atoms with van der Waals surface area (Å²) < 4.78 is 13.3. The van der Waals surface area contributed by atoms with Gasteiger partial charge < -0.3 is 5.32 Å². The van der Waals surface area contributed by atoms with Gasteiger partial charge in [0.15, 0.2) is 0 Å². The second-order valence-corrected chi connectivity index (χ2v) is 5.72. The third kappa shape index (κ3) is 3.65. The van der Waals surface area contributed by atoms with Gasteiger partial charge in [0, 0.05) is 24.1 Å². The van der Waals surface area contributed by atoms with Crippen molar-refractivity contribution in [2.24, 2.45) is 0 Å². The van der Waals surface area contributed by atoms with Crippen LogP contribution in [0.5, 0.6) is 0 Å². The summed E-state index contributed by atoms with van der Waals surface area (Å²) >= 11 is 0. The Kier molecular flexibility index (Phi) is 4.47. The minimum absolute atomic E-state index is 0.146. The molecule has 0 aromatic heterocycles. The molecule has 0 aliphatic carbocycles. The number of nitrogens with zero attached hydrogens (tertiary/aromatic N) is 1. The molecule has 2 aromatic rings. The molecule has 7 heteroatoms. The minimum atomic E-state index is -0.435. The average molecular weight is 341 g/mol. The highest BCUT2D eigenvalue weighted by Gasteiger charge is 2.24. The molecule has 1 aliphatic rings. The lowest BCUT2D eigenvalue weighted by Gasteiger charge is -2.27. The molecule has 1 heterocycles. The van der Waals surface area contributed by atoms with Crippen molar-refractivity contribution < 1.29 is 18.8 Å². The second-order valence-electron chi connectivity index (χ2n) is 5.72. The second kappa shape index (κ2) is 6.72. The number of rotatable bonds is 3. The highest BCUT2D eigenvalue weighted by Crippen LogP contribution is 2.20. The summed E-state index contributed by atoms with van der Waals surface area (Å²) in [6.07, 6.45) is 0.315. The van der Waals surface area contributed by atoms with E-state index in [9.17, 15) is 18.8 Å². The van der Waals surface area contributed by atoms with E-state index in [4.69, 9.17) is 0 Å². The third-order valence-corrected chi connectivity index (χ3v) is 3.89. The molecule has 25 heavy (non-hydrogen) atoms. The zero-order valence-electron chi connectivity index (χ0n) is 13.5. The number of benzene rings is 2. The van der Waals surface area contributed by atoms with Crippen molar-refractivity contribution in [2.75, 3.05) is 10.3 Å². The molecule has 0 bridgehead atoms. The summed E-state index contributed by atoms with van der Waals surface area (Å²) in [6, 6.07) is 10.4. The molecule has 0 radical (unpaired) electrons. The predicted octanol–water partition coefficient (Wildman–Crippen LogP) is 2.54. The van der Waals surface area contributed by atoms with Crippen molar-refractivity contribution in [1.29, 1.82) is 0 Å². The summed E-state index contributed by atoms with van der Waals surface area (Å²) in [5, 5.41) is 3.82. The van der Waals surface area contributed by atoms with Crippen LogP contribution < -0.4 is 15.8 Å². The number of hydrazine groups is 1. The van der Waals surface area contributed by atoms with Crippen molar-refractivity contribution in [3.63, 3.8) is 0 Å². The van der Waals surface area contributed by atoms with E-state index in [0.29, 0.717) is 16.9 Å². The number of hydrogen-bond acceptors (Lipinski definition) is 3. The first-order valence-corrected chi connectivity index (χ1v) is 7.74. The van der Waals surface area contributed by atoms with Crippen LogP contribution in [0.3, 0.4) is 0 Å². The molecule has 3 amide bonds. The highest BCUT2D eigenvalue weighted by atomic mass is 19.1. The Morgan fingerprint density at radius 1 is 1.12 bits per heavy atom. The maximum absolute atomic E-state index is 13.3. The summed E-state index contributed by atoms with van der Waals surface area (Å²) in [6.45, 7) is 1.77. The van der Waals surface area contributed by atoms with Gasteiger partial charge in [-0.2, -0.15) is 0 Å². The van der Waals surface area contributed by atoms with E-state index in [-0.39, 0.29) is 24.7 Å². The monoisotopic (exact) mass is 341 g/mol. The minimum Gasteiger partial charge on any atom is -0.322 e. The molecule has 0 saturated carbocycles. The van der Waals surface area contributed by atoms with E-state index in [0.717, 1.165) is 5.56 Å². The van der Waals surface area contributed by atoms with E-state index in [1.54, 1.807) is 25.1 Å². The summed E-state index contributed by atoms with van der Waals surface area (Å²) in [5.74, 6) is -1.28. The molecule has 3 rings (SSSR count). The Morgan fingerprint density at radius 2 is 1.84 bits per heavy atom. The lowest BCUT2D eigenvalue weighted by molar-refractivity contribution is -0.130. The number of carbonyl (C=O) groups excluding carboxylic acids is 3. The summed E-state index contributed by atoms with van der Waals surface area (Å²) in [4.78, 5) is 35.6. The first-order valence-electron chi connectivity index (χ1n) is 7.74. The maximum atomic E-state index is 13.3. The Morgan fingerprint density at radius 3 is 2.56 bits per heavy atom. The molecule has 2 N–H and O–H groups in total. The van der Waals surface area contributed by atoms with Crippen molar-refractivity contribution in [1.82, 2.24) is 5.43 Å². The number of amides is 3. The molecule has 0 unspecified atom stereocenters. The van der Waals surface area contributed by atoms with Gasteiger partial charge in [-0.05, 0) is 48.9 Å². The molecular formula is C18H16FN3O3. The van der Waals surface area contributed by atoms with Crippen molar-refractivity contribution in [2.45, 2.75) is 19.8 Å². The van der Waals surface area contributed by atoms with Crippen molar-refractivity contribution in [3.05, 3.63) is 59.4 Å². The van der Waals surface area contributed by atoms with Crippen LogP contribution in [0.4, 0.5) is 15.8 Å². The molecule has 0 spiro atoms. The summed E-state index contributed by atoms with van der Waals surface area (Å²) in [7, 11) is 0. The lowest BCUT2D eigenvalue weighted by atomic mass is 10.1. The summed E-state index contributed by atoms with van der Waals surface area (Å²) in [5.41, 5.74) is 4.45. The molecule has 1 saturated heterocycles.